The van der Waals surface area contributed by atoms with Gasteiger partial charge in [0.25, 0.3) is 0 Å². The van der Waals surface area contributed by atoms with E-state index in [0.29, 0.717) is 31.9 Å². The van der Waals surface area contributed by atoms with Gasteiger partial charge >= 0.3 is 6.03 Å². The van der Waals surface area contributed by atoms with Gasteiger partial charge in [-0.3, -0.25) is 14.9 Å². The van der Waals surface area contributed by atoms with E-state index in [-0.39, 0.29) is 30.7 Å². The zero-order valence-electron chi connectivity index (χ0n) is 14.8. The van der Waals surface area contributed by atoms with Gasteiger partial charge in [0.1, 0.15) is 11.6 Å². The van der Waals surface area contributed by atoms with E-state index in [1.807, 2.05) is 4.90 Å². The van der Waals surface area contributed by atoms with Crippen LogP contribution in [0.1, 0.15) is 19.3 Å². The number of rotatable bonds is 5. The molecule has 0 spiro atoms. The number of amides is 4. The SMILES string of the molecule is O=C(NCCC(=O)N1CCN(c2cc(F)cc(F)c2)CC1)NC(=O)C1CC1. The molecule has 0 aromatic heterocycles. The number of anilines is 1. The summed E-state index contributed by atoms with van der Waals surface area (Å²) in [6, 6.07) is 2.78. The van der Waals surface area contributed by atoms with Crippen LogP contribution in [-0.2, 0) is 9.59 Å². The highest BCUT2D eigenvalue weighted by Gasteiger charge is 2.30. The predicted octanol–water partition coefficient (Wildman–Crippen LogP) is 1.24. The normalized spacial score (nSPS) is 16.8. The number of hydrogen-bond acceptors (Lipinski definition) is 4. The van der Waals surface area contributed by atoms with Crippen LogP contribution in [0.2, 0.25) is 0 Å². The van der Waals surface area contributed by atoms with Crippen LogP contribution >= 0.6 is 0 Å². The molecule has 4 amide bonds. The van der Waals surface area contributed by atoms with E-state index < -0.39 is 17.7 Å². The van der Waals surface area contributed by atoms with Crippen LogP contribution in [0, 0.1) is 17.6 Å². The second-order valence-corrected chi connectivity index (χ2v) is 6.76. The summed E-state index contributed by atoms with van der Waals surface area (Å²) in [5.41, 5.74) is 0.457. The molecule has 27 heavy (non-hydrogen) atoms. The van der Waals surface area contributed by atoms with Crippen LogP contribution in [0.25, 0.3) is 0 Å². The van der Waals surface area contributed by atoms with Crippen LogP contribution in [0.5, 0.6) is 0 Å². The Balaban J connectivity index is 1.38. The molecule has 2 aliphatic rings. The second-order valence-electron chi connectivity index (χ2n) is 6.76. The molecule has 1 saturated heterocycles. The lowest BCUT2D eigenvalue weighted by molar-refractivity contribution is -0.131. The van der Waals surface area contributed by atoms with Gasteiger partial charge in [-0.2, -0.15) is 0 Å². The van der Waals surface area contributed by atoms with Gasteiger partial charge in [-0.05, 0) is 25.0 Å². The molecule has 146 valence electrons. The number of carbonyl (C=O) groups is 3. The number of hydrogen-bond donors (Lipinski definition) is 2. The Hall–Kier alpha value is -2.71. The molecular weight excluding hydrogens is 358 g/mol. The summed E-state index contributed by atoms with van der Waals surface area (Å²) in [6.45, 7) is 1.95. The first-order chi connectivity index (χ1) is 12.9. The Morgan fingerprint density at radius 1 is 1.00 bits per heavy atom. The number of carbonyl (C=O) groups excluding carboxylic acids is 3. The number of imide groups is 1. The lowest BCUT2D eigenvalue weighted by Gasteiger charge is -2.36. The molecule has 1 aliphatic carbocycles. The van der Waals surface area contributed by atoms with Gasteiger partial charge in [-0.1, -0.05) is 0 Å². The average Bonchev–Trinajstić information content (AvgIpc) is 3.46. The van der Waals surface area contributed by atoms with Crippen LogP contribution < -0.4 is 15.5 Å². The molecule has 1 aliphatic heterocycles. The third kappa shape index (κ3) is 5.38. The van der Waals surface area contributed by atoms with Gasteiger partial charge in [0.15, 0.2) is 0 Å². The molecule has 3 rings (SSSR count). The average molecular weight is 380 g/mol. The van der Waals surface area contributed by atoms with Gasteiger partial charge in [-0.25, -0.2) is 13.6 Å². The van der Waals surface area contributed by atoms with Crippen LogP contribution in [0.4, 0.5) is 19.3 Å². The van der Waals surface area contributed by atoms with Crippen LogP contribution in [0.3, 0.4) is 0 Å². The first kappa shape index (κ1) is 19.1. The summed E-state index contributed by atoms with van der Waals surface area (Å²) >= 11 is 0. The monoisotopic (exact) mass is 380 g/mol. The summed E-state index contributed by atoms with van der Waals surface area (Å²) < 4.78 is 26.7. The van der Waals surface area contributed by atoms with Gasteiger partial charge < -0.3 is 15.1 Å². The van der Waals surface area contributed by atoms with Gasteiger partial charge in [0.2, 0.25) is 11.8 Å². The Labute approximate surface area is 155 Å². The van der Waals surface area contributed by atoms with Crippen LogP contribution in [-0.4, -0.2) is 55.5 Å². The van der Waals surface area contributed by atoms with Gasteiger partial charge in [-0.15, -0.1) is 0 Å². The molecule has 2 N–H and O–H groups in total. The summed E-state index contributed by atoms with van der Waals surface area (Å²) in [5.74, 6) is -1.71. The van der Waals surface area contributed by atoms with Gasteiger partial charge in [0, 0.05) is 56.8 Å². The zero-order valence-corrected chi connectivity index (χ0v) is 14.8. The molecule has 0 unspecified atom stereocenters. The highest BCUT2D eigenvalue weighted by atomic mass is 19.1. The first-order valence-electron chi connectivity index (χ1n) is 9.00. The van der Waals surface area contributed by atoms with E-state index in [9.17, 15) is 23.2 Å². The van der Waals surface area contributed by atoms with Crippen molar-refractivity contribution in [3.05, 3.63) is 29.8 Å². The molecular formula is C18H22F2N4O3. The largest absolute Gasteiger partial charge is 0.368 e. The molecule has 7 nitrogen and oxygen atoms in total. The molecule has 2 fully saturated rings. The van der Waals surface area contributed by atoms with E-state index in [1.165, 1.54) is 12.1 Å². The highest BCUT2D eigenvalue weighted by Crippen LogP contribution is 2.28. The Kier molecular flexibility index (Phi) is 5.88. The molecule has 9 heteroatoms. The maximum atomic E-state index is 13.3. The molecule has 0 atom stereocenters. The van der Waals surface area contributed by atoms with Crippen molar-refractivity contribution in [1.82, 2.24) is 15.5 Å². The van der Waals surface area contributed by atoms with E-state index in [1.54, 1.807) is 4.90 Å². The fourth-order valence-electron chi connectivity index (χ4n) is 2.98. The van der Waals surface area contributed by atoms with Crippen molar-refractivity contribution in [1.29, 1.82) is 0 Å². The summed E-state index contributed by atoms with van der Waals surface area (Å²) in [5, 5.41) is 4.75. The maximum Gasteiger partial charge on any atom is 0.321 e. The van der Waals surface area contributed by atoms with E-state index >= 15 is 0 Å². The van der Waals surface area contributed by atoms with Crippen molar-refractivity contribution >= 4 is 23.5 Å². The van der Waals surface area contributed by atoms with Crippen molar-refractivity contribution in [3.8, 4) is 0 Å². The molecule has 1 saturated carbocycles. The highest BCUT2D eigenvalue weighted by molar-refractivity contribution is 5.96. The molecule has 1 aromatic rings. The predicted molar refractivity (Wildman–Crippen MR) is 94.0 cm³/mol. The lowest BCUT2D eigenvalue weighted by Crippen LogP contribution is -2.49. The number of nitrogens with zero attached hydrogens (tertiary/aromatic N) is 2. The van der Waals surface area contributed by atoms with Crippen molar-refractivity contribution in [2.24, 2.45) is 5.92 Å². The number of benzene rings is 1. The minimum absolute atomic E-state index is 0.0553. The second kappa shape index (κ2) is 8.32. The minimum atomic E-state index is -0.631. The minimum Gasteiger partial charge on any atom is -0.368 e. The number of halogens is 2. The summed E-state index contributed by atoms with van der Waals surface area (Å²) in [4.78, 5) is 38.7. The van der Waals surface area contributed by atoms with E-state index in [4.69, 9.17) is 0 Å². The first-order valence-corrected chi connectivity index (χ1v) is 9.00. The Morgan fingerprint density at radius 2 is 1.63 bits per heavy atom. The quantitative estimate of drug-likeness (QED) is 0.805. The number of nitrogens with one attached hydrogen (secondary N) is 2. The third-order valence-electron chi connectivity index (χ3n) is 4.65. The zero-order chi connectivity index (χ0) is 19.4. The fraction of sp³-hybridized carbons (Fsp3) is 0.500. The molecule has 1 heterocycles. The molecule has 1 aromatic carbocycles. The third-order valence-corrected chi connectivity index (χ3v) is 4.65. The molecule has 0 bridgehead atoms. The van der Waals surface area contributed by atoms with Crippen molar-refractivity contribution in [2.75, 3.05) is 37.6 Å². The van der Waals surface area contributed by atoms with E-state index in [0.717, 1.165) is 18.9 Å². The standard InChI is InChI=1S/C18H22F2N4O3/c19-13-9-14(20)11-15(10-13)23-5-7-24(8-6-23)16(25)3-4-21-18(27)22-17(26)12-1-2-12/h9-12H,1-8H2,(H2,21,22,26,27). The van der Waals surface area contributed by atoms with E-state index in [2.05, 4.69) is 10.6 Å². The van der Waals surface area contributed by atoms with Crippen molar-refractivity contribution < 1.29 is 23.2 Å². The van der Waals surface area contributed by atoms with Crippen LogP contribution in [0.15, 0.2) is 18.2 Å². The van der Waals surface area contributed by atoms with Gasteiger partial charge in [0.05, 0.1) is 0 Å². The summed E-state index contributed by atoms with van der Waals surface area (Å²) in [7, 11) is 0. The van der Waals surface area contributed by atoms with Crippen molar-refractivity contribution in [2.45, 2.75) is 19.3 Å². The topological polar surface area (TPSA) is 81.8 Å². The maximum absolute atomic E-state index is 13.3. The fourth-order valence-corrected chi connectivity index (χ4v) is 2.98. The number of piperazine rings is 1. The summed E-state index contributed by atoms with van der Waals surface area (Å²) in [6.07, 6.45) is 1.75. The van der Waals surface area contributed by atoms with Crippen molar-refractivity contribution in [3.63, 3.8) is 0 Å². The molecule has 0 radical (unpaired) electrons. The Morgan fingerprint density at radius 3 is 2.22 bits per heavy atom. The lowest BCUT2D eigenvalue weighted by atomic mass is 10.2. The Bertz CT molecular complexity index is 711. The smallest absolute Gasteiger partial charge is 0.321 e. The number of urea groups is 1.